The van der Waals surface area contributed by atoms with Crippen molar-refractivity contribution in [3.8, 4) is 6.07 Å². The van der Waals surface area contributed by atoms with Gasteiger partial charge in [0.25, 0.3) is 5.91 Å². The van der Waals surface area contributed by atoms with Gasteiger partial charge < -0.3 is 11.1 Å². The number of hydrogen-bond donors (Lipinski definition) is 2. The lowest BCUT2D eigenvalue weighted by Gasteiger charge is -2.16. The van der Waals surface area contributed by atoms with Gasteiger partial charge in [0.1, 0.15) is 0 Å². The van der Waals surface area contributed by atoms with E-state index in [1.165, 1.54) is 0 Å². The molecule has 140 valence electrons. The van der Waals surface area contributed by atoms with E-state index < -0.39 is 5.92 Å². The van der Waals surface area contributed by atoms with Crippen molar-refractivity contribution in [2.45, 2.75) is 12.8 Å². The number of aryl methyl sites for hydroxylation is 1. The van der Waals surface area contributed by atoms with Crippen molar-refractivity contribution in [1.29, 1.82) is 5.26 Å². The number of nitrogen functional groups attached to an aromatic ring is 1. The minimum Gasteiger partial charge on any atom is -0.399 e. The van der Waals surface area contributed by atoms with Crippen LogP contribution in [0.2, 0.25) is 10.0 Å². The predicted octanol–water partition coefficient (Wildman–Crippen LogP) is 5.79. The zero-order chi connectivity index (χ0) is 20.3. The molecule has 3 aromatic rings. The highest BCUT2D eigenvalue weighted by molar-refractivity contribution is 6.32. The third kappa shape index (κ3) is 4.28. The van der Waals surface area contributed by atoms with Crippen LogP contribution in [-0.2, 0) is 0 Å². The van der Waals surface area contributed by atoms with E-state index in [1.807, 2.05) is 13.0 Å². The van der Waals surface area contributed by atoms with Crippen LogP contribution >= 0.6 is 23.2 Å². The summed E-state index contributed by atoms with van der Waals surface area (Å²) in [6, 6.07) is 19.5. The second-order valence-corrected chi connectivity index (χ2v) is 7.22. The van der Waals surface area contributed by atoms with Crippen LogP contribution in [0.3, 0.4) is 0 Å². The molecule has 3 rings (SSSR count). The van der Waals surface area contributed by atoms with Crippen molar-refractivity contribution in [1.82, 2.24) is 0 Å². The lowest BCUT2D eigenvalue weighted by Crippen LogP contribution is -2.13. The van der Waals surface area contributed by atoms with Gasteiger partial charge in [-0.2, -0.15) is 5.26 Å². The summed E-state index contributed by atoms with van der Waals surface area (Å²) in [5, 5.41) is 13.5. The largest absolute Gasteiger partial charge is 0.399 e. The van der Waals surface area contributed by atoms with Gasteiger partial charge in [-0.1, -0.05) is 41.4 Å². The van der Waals surface area contributed by atoms with E-state index in [2.05, 4.69) is 11.4 Å². The van der Waals surface area contributed by atoms with E-state index in [1.54, 1.807) is 54.6 Å². The fraction of sp³-hybridized carbons (Fsp3) is 0.0909. The Morgan fingerprint density at radius 2 is 1.71 bits per heavy atom. The summed E-state index contributed by atoms with van der Waals surface area (Å²) in [6.45, 7) is 1.86. The molecule has 4 nitrogen and oxygen atoms in total. The average Bonchev–Trinajstić information content (AvgIpc) is 2.68. The Bertz CT molecular complexity index is 1050. The average molecular weight is 410 g/mol. The standard InChI is InChI=1S/C22H17Cl2N3O/c1-13-10-18(19(12-25)14-2-6-16(23)7-3-14)20(24)11-21(13)27-22(28)15-4-8-17(26)9-5-15/h2-11,19H,26H2,1H3,(H,27,28). The molecule has 0 radical (unpaired) electrons. The molecule has 0 aliphatic carbocycles. The van der Waals surface area contributed by atoms with Crippen LogP contribution in [0, 0.1) is 18.3 Å². The summed E-state index contributed by atoms with van der Waals surface area (Å²) < 4.78 is 0. The molecule has 28 heavy (non-hydrogen) atoms. The van der Waals surface area contributed by atoms with Gasteiger partial charge in [0.15, 0.2) is 0 Å². The zero-order valence-corrected chi connectivity index (χ0v) is 16.6. The van der Waals surface area contributed by atoms with Crippen LogP contribution in [0.25, 0.3) is 0 Å². The zero-order valence-electron chi connectivity index (χ0n) is 15.0. The Kier molecular flexibility index (Phi) is 5.89. The quantitative estimate of drug-likeness (QED) is 0.534. The Morgan fingerprint density at radius 3 is 2.32 bits per heavy atom. The first-order valence-electron chi connectivity index (χ1n) is 8.51. The maximum Gasteiger partial charge on any atom is 0.255 e. The SMILES string of the molecule is Cc1cc(C(C#N)c2ccc(Cl)cc2)c(Cl)cc1NC(=O)c1ccc(N)cc1. The van der Waals surface area contributed by atoms with Crippen LogP contribution < -0.4 is 11.1 Å². The Balaban J connectivity index is 1.90. The topological polar surface area (TPSA) is 78.9 Å². The second-order valence-electron chi connectivity index (χ2n) is 6.38. The minimum atomic E-state index is -0.537. The molecule has 0 saturated heterocycles. The Hall–Kier alpha value is -3.00. The van der Waals surface area contributed by atoms with Crippen molar-refractivity contribution in [2.75, 3.05) is 11.1 Å². The number of rotatable bonds is 4. The van der Waals surface area contributed by atoms with Gasteiger partial charge in [-0.15, -0.1) is 0 Å². The van der Waals surface area contributed by atoms with Crippen molar-refractivity contribution in [3.05, 3.63) is 93.0 Å². The van der Waals surface area contributed by atoms with Crippen molar-refractivity contribution >= 4 is 40.5 Å². The molecule has 1 atom stereocenters. The lowest BCUT2D eigenvalue weighted by molar-refractivity contribution is 0.102. The van der Waals surface area contributed by atoms with Crippen molar-refractivity contribution < 1.29 is 4.79 Å². The number of halogens is 2. The number of amides is 1. The van der Waals surface area contributed by atoms with Crippen molar-refractivity contribution in [2.24, 2.45) is 0 Å². The predicted molar refractivity (Wildman–Crippen MR) is 114 cm³/mol. The van der Waals surface area contributed by atoms with E-state index in [0.29, 0.717) is 32.5 Å². The highest BCUT2D eigenvalue weighted by Gasteiger charge is 2.19. The van der Waals surface area contributed by atoms with Crippen LogP contribution in [0.4, 0.5) is 11.4 Å². The number of carbonyl (C=O) groups excluding carboxylic acids is 1. The number of nitrogens with two attached hydrogens (primary N) is 1. The van der Waals surface area contributed by atoms with Crippen LogP contribution in [0.1, 0.15) is 33.0 Å². The molecule has 0 fully saturated rings. The molecule has 0 aliphatic heterocycles. The third-order valence-electron chi connectivity index (χ3n) is 4.41. The summed E-state index contributed by atoms with van der Waals surface area (Å²) in [4.78, 5) is 12.5. The number of nitrogens with zero attached hydrogens (tertiary/aromatic N) is 1. The highest BCUT2D eigenvalue weighted by Crippen LogP contribution is 2.34. The first kappa shape index (κ1) is 19.8. The van der Waals surface area contributed by atoms with Gasteiger partial charge in [0.2, 0.25) is 0 Å². The molecule has 0 spiro atoms. The molecular formula is C22H17Cl2N3O. The number of anilines is 2. The summed E-state index contributed by atoms with van der Waals surface area (Å²) in [7, 11) is 0. The summed E-state index contributed by atoms with van der Waals surface area (Å²) >= 11 is 12.4. The van der Waals surface area contributed by atoms with E-state index in [-0.39, 0.29) is 5.91 Å². The molecular weight excluding hydrogens is 393 g/mol. The number of benzene rings is 3. The maximum atomic E-state index is 12.5. The molecule has 6 heteroatoms. The van der Waals surface area contributed by atoms with Crippen molar-refractivity contribution in [3.63, 3.8) is 0 Å². The molecule has 1 amide bonds. The molecule has 0 aliphatic rings. The Labute approximate surface area is 173 Å². The summed E-state index contributed by atoms with van der Waals surface area (Å²) in [5.41, 5.74) is 9.60. The number of carbonyl (C=O) groups is 1. The van der Waals surface area contributed by atoms with Gasteiger partial charge in [-0.25, -0.2) is 0 Å². The van der Waals surface area contributed by atoms with E-state index >= 15 is 0 Å². The van der Waals surface area contributed by atoms with Crippen LogP contribution in [0.5, 0.6) is 0 Å². The van der Waals surface area contributed by atoms with Gasteiger partial charge in [-0.05, 0) is 66.1 Å². The second kappa shape index (κ2) is 8.35. The first-order chi connectivity index (χ1) is 13.4. The van der Waals surface area contributed by atoms with Gasteiger partial charge in [0.05, 0.1) is 12.0 Å². The smallest absolute Gasteiger partial charge is 0.255 e. The maximum absolute atomic E-state index is 12.5. The first-order valence-corrected chi connectivity index (χ1v) is 9.26. The molecule has 1 unspecified atom stereocenters. The molecule has 0 bridgehead atoms. The molecule has 0 aromatic heterocycles. The molecule has 0 saturated carbocycles. The fourth-order valence-electron chi connectivity index (χ4n) is 2.87. The van der Waals surface area contributed by atoms with Gasteiger partial charge in [-0.3, -0.25) is 4.79 Å². The molecule has 3 aromatic carbocycles. The minimum absolute atomic E-state index is 0.263. The highest BCUT2D eigenvalue weighted by atomic mass is 35.5. The normalized spacial score (nSPS) is 11.5. The number of nitriles is 1. The van der Waals surface area contributed by atoms with Gasteiger partial charge in [0, 0.05) is 27.0 Å². The van der Waals surface area contributed by atoms with E-state index in [9.17, 15) is 10.1 Å². The Morgan fingerprint density at radius 1 is 1.07 bits per heavy atom. The van der Waals surface area contributed by atoms with Gasteiger partial charge >= 0.3 is 0 Å². The van der Waals surface area contributed by atoms with E-state index in [4.69, 9.17) is 28.9 Å². The number of nitrogens with one attached hydrogen (secondary N) is 1. The van der Waals surface area contributed by atoms with Crippen LogP contribution in [0.15, 0.2) is 60.7 Å². The third-order valence-corrected chi connectivity index (χ3v) is 4.99. The fourth-order valence-corrected chi connectivity index (χ4v) is 3.27. The summed E-state index contributed by atoms with van der Waals surface area (Å²) in [5.74, 6) is -0.799. The molecule has 3 N–H and O–H groups in total. The summed E-state index contributed by atoms with van der Waals surface area (Å²) in [6.07, 6.45) is 0. The monoisotopic (exact) mass is 409 g/mol. The van der Waals surface area contributed by atoms with Crippen LogP contribution in [-0.4, -0.2) is 5.91 Å². The molecule has 0 heterocycles. The van der Waals surface area contributed by atoms with E-state index in [0.717, 1.165) is 11.1 Å². The number of hydrogen-bond acceptors (Lipinski definition) is 3. The lowest BCUT2D eigenvalue weighted by atomic mass is 9.91.